The van der Waals surface area contributed by atoms with Gasteiger partial charge in [0.2, 0.25) is 0 Å². The Balaban J connectivity index is 2.13. The molecule has 1 aromatic carbocycles. The van der Waals surface area contributed by atoms with Gasteiger partial charge in [-0.05, 0) is 48.9 Å². The molecule has 1 aliphatic carbocycles. The van der Waals surface area contributed by atoms with E-state index in [1.165, 1.54) is 13.5 Å². The summed E-state index contributed by atoms with van der Waals surface area (Å²) in [6.07, 6.45) is 4.45. The van der Waals surface area contributed by atoms with E-state index in [0.29, 0.717) is 12.3 Å². The second-order valence-electron chi connectivity index (χ2n) is 4.70. The van der Waals surface area contributed by atoms with E-state index in [0.717, 1.165) is 24.8 Å². The minimum absolute atomic E-state index is 0.223. The highest BCUT2D eigenvalue weighted by atomic mass is 19.1. The molecule has 2 rings (SSSR count). The zero-order valence-corrected chi connectivity index (χ0v) is 9.63. The van der Waals surface area contributed by atoms with Gasteiger partial charge in [0.15, 0.2) is 11.6 Å². The van der Waals surface area contributed by atoms with Crippen LogP contribution in [0.5, 0.6) is 5.75 Å². The maximum atomic E-state index is 13.5. The highest BCUT2D eigenvalue weighted by Gasteiger charge is 2.35. The SMILES string of the molecule is COc1ccc(CC2(CN)CCC2)cc1F. The Hall–Kier alpha value is -1.09. The van der Waals surface area contributed by atoms with Crippen LogP contribution in [0.4, 0.5) is 4.39 Å². The molecule has 1 fully saturated rings. The van der Waals surface area contributed by atoms with Crippen molar-refractivity contribution in [2.75, 3.05) is 13.7 Å². The standard InChI is InChI=1S/C13H18FNO/c1-16-12-4-3-10(7-11(12)14)8-13(9-15)5-2-6-13/h3-4,7H,2,5-6,8-9,15H2,1H3. The zero-order valence-electron chi connectivity index (χ0n) is 9.63. The summed E-state index contributed by atoms with van der Waals surface area (Å²) in [7, 11) is 1.48. The number of hydrogen-bond acceptors (Lipinski definition) is 2. The van der Waals surface area contributed by atoms with Crippen molar-refractivity contribution < 1.29 is 9.13 Å². The number of rotatable bonds is 4. The Bertz CT molecular complexity index is 369. The van der Waals surface area contributed by atoms with Crippen molar-refractivity contribution in [3.8, 4) is 5.75 Å². The molecule has 0 unspecified atom stereocenters. The van der Waals surface area contributed by atoms with Crippen LogP contribution in [-0.2, 0) is 6.42 Å². The molecule has 1 saturated carbocycles. The molecule has 0 saturated heterocycles. The van der Waals surface area contributed by atoms with E-state index in [1.54, 1.807) is 12.1 Å². The Morgan fingerprint density at radius 2 is 2.19 bits per heavy atom. The number of methoxy groups -OCH3 is 1. The van der Waals surface area contributed by atoms with Gasteiger partial charge in [0.25, 0.3) is 0 Å². The smallest absolute Gasteiger partial charge is 0.165 e. The molecule has 0 aromatic heterocycles. The molecule has 88 valence electrons. The second-order valence-corrected chi connectivity index (χ2v) is 4.70. The van der Waals surface area contributed by atoms with Crippen molar-refractivity contribution in [1.82, 2.24) is 0 Å². The topological polar surface area (TPSA) is 35.2 Å². The van der Waals surface area contributed by atoms with E-state index in [1.807, 2.05) is 6.07 Å². The molecular weight excluding hydrogens is 205 g/mol. The first kappa shape index (κ1) is 11.4. The third-order valence-electron chi connectivity index (χ3n) is 3.64. The fourth-order valence-corrected chi connectivity index (χ4v) is 2.38. The molecule has 2 N–H and O–H groups in total. The summed E-state index contributed by atoms with van der Waals surface area (Å²) in [6, 6.07) is 5.18. The summed E-state index contributed by atoms with van der Waals surface area (Å²) in [5, 5.41) is 0. The lowest BCUT2D eigenvalue weighted by atomic mass is 9.65. The third-order valence-corrected chi connectivity index (χ3v) is 3.64. The van der Waals surface area contributed by atoms with Crippen LogP contribution in [0.1, 0.15) is 24.8 Å². The minimum atomic E-state index is -0.286. The molecule has 0 bridgehead atoms. The van der Waals surface area contributed by atoms with Crippen molar-refractivity contribution >= 4 is 0 Å². The van der Waals surface area contributed by atoms with Gasteiger partial charge in [0.1, 0.15) is 0 Å². The molecule has 0 amide bonds. The van der Waals surface area contributed by atoms with Crippen LogP contribution in [0.2, 0.25) is 0 Å². The van der Waals surface area contributed by atoms with Crippen LogP contribution >= 0.6 is 0 Å². The van der Waals surface area contributed by atoms with Crippen molar-refractivity contribution in [2.24, 2.45) is 11.1 Å². The summed E-state index contributed by atoms with van der Waals surface area (Å²) in [5.41, 5.74) is 7.03. The van der Waals surface area contributed by atoms with Gasteiger partial charge in [-0.15, -0.1) is 0 Å². The molecule has 16 heavy (non-hydrogen) atoms. The van der Waals surface area contributed by atoms with Crippen molar-refractivity contribution in [3.63, 3.8) is 0 Å². The molecule has 0 spiro atoms. The van der Waals surface area contributed by atoms with Gasteiger partial charge in [0, 0.05) is 0 Å². The van der Waals surface area contributed by atoms with Gasteiger partial charge in [0.05, 0.1) is 7.11 Å². The fraction of sp³-hybridized carbons (Fsp3) is 0.538. The summed E-state index contributed by atoms with van der Waals surface area (Å²) in [6.45, 7) is 0.695. The van der Waals surface area contributed by atoms with Gasteiger partial charge < -0.3 is 10.5 Å². The lowest BCUT2D eigenvalue weighted by molar-refractivity contribution is 0.144. The van der Waals surface area contributed by atoms with E-state index in [9.17, 15) is 4.39 Å². The van der Waals surface area contributed by atoms with Crippen LogP contribution in [-0.4, -0.2) is 13.7 Å². The zero-order chi connectivity index (χ0) is 11.6. The average Bonchev–Trinajstić information content (AvgIpc) is 2.24. The highest BCUT2D eigenvalue weighted by molar-refractivity contribution is 5.30. The molecule has 0 aliphatic heterocycles. The Labute approximate surface area is 95.6 Å². The maximum Gasteiger partial charge on any atom is 0.165 e. The minimum Gasteiger partial charge on any atom is -0.494 e. The summed E-state index contributed by atoms with van der Waals surface area (Å²) >= 11 is 0. The van der Waals surface area contributed by atoms with Crippen molar-refractivity contribution in [1.29, 1.82) is 0 Å². The van der Waals surface area contributed by atoms with Crippen LogP contribution in [0.25, 0.3) is 0 Å². The molecule has 0 radical (unpaired) electrons. The maximum absolute atomic E-state index is 13.5. The van der Waals surface area contributed by atoms with Gasteiger partial charge in [-0.3, -0.25) is 0 Å². The summed E-state index contributed by atoms with van der Waals surface area (Å²) < 4.78 is 18.4. The number of nitrogens with two attached hydrogens (primary N) is 1. The Kier molecular flexibility index (Phi) is 3.15. The largest absolute Gasteiger partial charge is 0.494 e. The lowest BCUT2D eigenvalue weighted by Gasteiger charge is -2.41. The Morgan fingerprint density at radius 3 is 2.62 bits per heavy atom. The predicted octanol–water partition coefficient (Wildman–Crippen LogP) is 2.51. The number of ether oxygens (including phenoxy) is 1. The predicted molar refractivity (Wildman–Crippen MR) is 62.0 cm³/mol. The fourth-order valence-electron chi connectivity index (χ4n) is 2.38. The van der Waals surface area contributed by atoms with Gasteiger partial charge >= 0.3 is 0 Å². The van der Waals surface area contributed by atoms with Crippen LogP contribution < -0.4 is 10.5 Å². The first-order valence-electron chi connectivity index (χ1n) is 5.72. The van der Waals surface area contributed by atoms with Crippen LogP contribution in [0.3, 0.4) is 0 Å². The highest BCUT2D eigenvalue weighted by Crippen LogP contribution is 2.42. The third kappa shape index (κ3) is 2.05. The summed E-state index contributed by atoms with van der Waals surface area (Å²) in [5.74, 6) is 0.0191. The quantitative estimate of drug-likeness (QED) is 0.851. The molecular formula is C13H18FNO. The number of hydrogen-bond donors (Lipinski definition) is 1. The number of halogens is 1. The van der Waals surface area contributed by atoms with Crippen LogP contribution in [0.15, 0.2) is 18.2 Å². The van der Waals surface area contributed by atoms with Crippen LogP contribution in [0, 0.1) is 11.2 Å². The normalized spacial score (nSPS) is 17.9. The molecule has 0 heterocycles. The van der Waals surface area contributed by atoms with E-state index in [4.69, 9.17) is 10.5 Å². The Morgan fingerprint density at radius 1 is 1.44 bits per heavy atom. The summed E-state index contributed by atoms with van der Waals surface area (Å²) in [4.78, 5) is 0. The second kappa shape index (κ2) is 4.42. The number of benzene rings is 1. The van der Waals surface area contributed by atoms with E-state index >= 15 is 0 Å². The first-order chi connectivity index (χ1) is 7.69. The average molecular weight is 223 g/mol. The van der Waals surface area contributed by atoms with E-state index in [2.05, 4.69) is 0 Å². The van der Waals surface area contributed by atoms with E-state index in [-0.39, 0.29) is 11.2 Å². The molecule has 0 atom stereocenters. The molecule has 2 nitrogen and oxygen atoms in total. The van der Waals surface area contributed by atoms with Crippen molar-refractivity contribution in [3.05, 3.63) is 29.6 Å². The van der Waals surface area contributed by atoms with E-state index < -0.39 is 0 Å². The molecule has 1 aliphatic rings. The van der Waals surface area contributed by atoms with Gasteiger partial charge in [-0.1, -0.05) is 12.5 Å². The molecule has 1 aromatic rings. The van der Waals surface area contributed by atoms with Gasteiger partial charge in [-0.2, -0.15) is 0 Å². The van der Waals surface area contributed by atoms with Crippen molar-refractivity contribution in [2.45, 2.75) is 25.7 Å². The monoisotopic (exact) mass is 223 g/mol. The first-order valence-corrected chi connectivity index (χ1v) is 5.72. The molecule has 3 heteroatoms. The lowest BCUT2D eigenvalue weighted by Crippen LogP contribution is -2.39. The van der Waals surface area contributed by atoms with Gasteiger partial charge in [-0.25, -0.2) is 4.39 Å².